The van der Waals surface area contributed by atoms with Crippen molar-refractivity contribution in [1.82, 2.24) is 0 Å². The van der Waals surface area contributed by atoms with E-state index in [4.69, 9.17) is 0 Å². The van der Waals surface area contributed by atoms with Crippen LogP contribution in [-0.2, 0) is 5.92 Å². The summed E-state index contributed by atoms with van der Waals surface area (Å²) < 4.78 is 40.4. The molecule has 0 fully saturated rings. The number of hydrogen-bond acceptors (Lipinski definition) is 0. The van der Waals surface area contributed by atoms with Crippen LogP contribution < -0.4 is 0 Å². The molecule has 1 aliphatic carbocycles. The number of alkyl halides is 3. The third-order valence-electron chi connectivity index (χ3n) is 2.24. The van der Waals surface area contributed by atoms with Gasteiger partial charge in [0.05, 0.1) is 0 Å². The van der Waals surface area contributed by atoms with Crippen molar-refractivity contribution in [2.45, 2.75) is 17.2 Å². The molecule has 1 aliphatic rings. The first kappa shape index (κ1) is 10.5. The van der Waals surface area contributed by atoms with Gasteiger partial charge in [0.25, 0.3) is 5.92 Å². The molecule has 5 heteroatoms. The Balaban J connectivity index is 2.69. The van der Waals surface area contributed by atoms with Crippen LogP contribution in [0.2, 0.25) is 0 Å². The Morgan fingerprint density at radius 2 is 2.00 bits per heavy atom. The smallest absolute Gasteiger partial charge is 0.207 e. The van der Waals surface area contributed by atoms with Gasteiger partial charge in [0.1, 0.15) is 5.82 Å². The molecule has 0 heterocycles. The summed E-state index contributed by atoms with van der Waals surface area (Å²) in [6, 6.07) is 2.48. The molecule has 1 atom stereocenters. The van der Waals surface area contributed by atoms with Crippen molar-refractivity contribution in [3.8, 4) is 0 Å². The molecule has 0 saturated carbocycles. The van der Waals surface area contributed by atoms with E-state index < -0.39 is 16.6 Å². The van der Waals surface area contributed by atoms with E-state index in [-0.39, 0.29) is 17.5 Å². The molecule has 14 heavy (non-hydrogen) atoms. The highest BCUT2D eigenvalue weighted by atomic mass is 79.9. The average molecular weight is 330 g/mol. The molecule has 0 saturated heterocycles. The fourth-order valence-electron chi connectivity index (χ4n) is 1.64. The number of hydrogen-bond donors (Lipinski definition) is 0. The topological polar surface area (TPSA) is 0 Å². The van der Waals surface area contributed by atoms with E-state index >= 15 is 0 Å². The van der Waals surface area contributed by atoms with E-state index in [1.165, 1.54) is 12.1 Å². The van der Waals surface area contributed by atoms with Crippen LogP contribution in [0.3, 0.4) is 0 Å². The quantitative estimate of drug-likeness (QED) is 0.614. The summed E-state index contributed by atoms with van der Waals surface area (Å²) in [7, 11) is 0. The first-order valence-corrected chi connectivity index (χ1v) is 5.64. The van der Waals surface area contributed by atoms with Crippen LogP contribution in [-0.4, -0.2) is 0 Å². The SMILES string of the molecule is Fc1cc(Br)cc2c1C(Br)CC2(F)F. The second kappa shape index (κ2) is 3.23. The molecule has 0 aliphatic heterocycles. The number of rotatable bonds is 0. The minimum atomic E-state index is -2.94. The van der Waals surface area contributed by atoms with Crippen LogP contribution in [0.1, 0.15) is 22.4 Å². The largest absolute Gasteiger partial charge is 0.275 e. The van der Waals surface area contributed by atoms with Crippen molar-refractivity contribution in [2.24, 2.45) is 0 Å². The first-order valence-electron chi connectivity index (χ1n) is 3.93. The zero-order valence-corrected chi connectivity index (χ0v) is 10.0. The molecule has 0 amide bonds. The van der Waals surface area contributed by atoms with Crippen LogP contribution in [0.5, 0.6) is 0 Å². The van der Waals surface area contributed by atoms with Gasteiger partial charge in [-0.2, -0.15) is 0 Å². The van der Waals surface area contributed by atoms with Crippen LogP contribution >= 0.6 is 31.9 Å². The highest BCUT2D eigenvalue weighted by Crippen LogP contribution is 2.52. The summed E-state index contributed by atoms with van der Waals surface area (Å²) in [6.07, 6.45) is -0.379. The normalized spacial score (nSPS) is 23.6. The lowest BCUT2D eigenvalue weighted by Crippen LogP contribution is -2.07. The van der Waals surface area contributed by atoms with Gasteiger partial charge in [-0.05, 0) is 12.1 Å². The summed E-state index contributed by atoms with van der Waals surface area (Å²) in [5, 5.41) is 0. The standard InChI is InChI=1S/C9H5Br2F3/c10-4-1-5-8(7(12)2-4)6(11)3-9(5,13)14/h1-2,6H,3H2. The van der Waals surface area contributed by atoms with Gasteiger partial charge in [-0.15, -0.1) is 0 Å². The molecule has 0 radical (unpaired) electrons. The third-order valence-corrected chi connectivity index (χ3v) is 3.48. The molecule has 1 unspecified atom stereocenters. The summed E-state index contributed by atoms with van der Waals surface area (Å²) in [5.41, 5.74) is -0.135. The molecule has 2 rings (SSSR count). The summed E-state index contributed by atoms with van der Waals surface area (Å²) in [6.45, 7) is 0. The Morgan fingerprint density at radius 1 is 1.36 bits per heavy atom. The fourth-order valence-corrected chi connectivity index (χ4v) is 2.94. The molecular weight excluding hydrogens is 325 g/mol. The van der Waals surface area contributed by atoms with Crippen molar-refractivity contribution in [2.75, 3.05) is 0 Å². The van der Waals surface area contributed by atoms with E-state index in [2.05, 4.69) is 31.9 Å². The molecule has 0 bridgehead atoms. The summed E-state index contributed by atoms with van der Waals surface area (Å²) in [5.74, 6) is -3.53. The van der Waals surface area contributed by atoms with Gasteiger partial charge in [0, 0.05) is 26.8 Å². The number of benzene rings is 1. The van der Waals surface area contributed by atoms with Gasteiger partial charge in [0.2, 0.25) is 0 Å². The van der Waals surface area contributed by atoms with Crippen molar-refractivity contribution in [3.63, 3.8) is 0 Å². The van der Waals surface area contributed by atoms with E-state index in [9.17, 15) is 13.2 Å². The molecule has 76 valence electrons. The van der Waals surface area contributed by atoms with Crippen molar-refractivity contribution in [3.05, 3.63) is 33.5 Å². The molecule has 0 N–H and O–H groups in total. The lowest BCUT2D eigenvalue weighted by atomic mass is 10.1. The van der Waals surface area contributed by atoms with Crippen LogP contribution in [0.15, 0.2) is 16.6 Å². The van der Waals surface area contributed by atoms with Gasteiger partial charge >= 0.3 is 0 Å². The van der Waals surface area contributed by atoms with Crippen molar-refractivity contribution in [1.29, 1.82) is 0 Å². The first-order chi connectivity index (χ1) is 6.42. The maximum Gasteiger partial charge on any atom is 0.275 e. The number of fused-ring (bicyclic) bond motifs is 1. The maximum absolute atomic E-state index is 13.4. The molecule has 1 aromatic rings. The Kier molecular flexibility index (Phi) is 2.42. The van der Waals surface area contributed by atoms with E-state index in [1.807, 2.05) is 0 Å². The Labute approximate surface area is 95.8 Å². The Morgan fingerprint density at radius 3 is 2.64 bits per heavy atom. The molecule has 0 aromatic heterocycles. The highest BCUT2D eigenvalue weighted by molar-refractivity contribution is 9.10. The van der Waals surface area contributed by atoms with Crippen molar-refractivity contribution < 1.29 is 13.2 Å². The third kappa shape index (κ3) is 1.50. The predicted molar refractivity (Wildman–Crippen MR) is 54.3 cm³/mol. The van der Waals surface area contributed by atoms with Gasteiger partial charge in [-0.1, -0.05) is 31.9 Å². The van der Waals surface area contributed by atoms with Gasteiger partial charge in [-0.25, -0.2) is 13.2 Å². The van der Waals surface area contributed by atoms with Crippen LogP contribution in [0.4, 0.5) is 13.2 Å². The average Bonchev–Trinajstić information content (AvgIpc) is 2.21. The maximum atomic E-state index is 13.4. The molecule has 0 nitrogen and oxygen atoms in total. The predicted octanol–water partition coefficient (Wildman–Crippen LogP) is 4.52. The van der Waals surface area contributed by atoms with E-state index in [0.29, 0.717) is 4.47 Å². The number of halogens is 5. The zero-order valence-electron chi connectivity index (χ0n) is 6.83. The van der Waals surface area contributed by atoms with Gasteiger partial charge < -0.3 is 0 Å². The molecule has 1 aromatic carbocycles. The van der Waals surface area contributed by atoms with Crippen LogP contribution in [0, 0.1) is 5.82 Å². The van der Waals surface area contributed by atoms with E-state index in [1.54, 1.807) is 0 Å². The monoisotopic (exact) mass is 328 g/mol. The molecular formula is C9H5Br2F3. The summed E-state index contributed by atoms with van der Waals surface area (Å²) in [4.78, 5) is -0.597. The highest BCUT2D eigenvalue weighted by Gasteiger charge is 2.45. The second-order valence-corrected chi connectivity index (χ2v) is 5.25. The Hall–Kier alpha value is -0.0300. The fraction of sp³-hybridized carbons (Fsp3) is 0.333. The lowest BCUT2D eigenvalue weighted by Gasteiger charge is -2.09. The second-order valence-electron chi connectivity index (χ2n) is 3.22. The van der Waals surface area contributed by atoms with Crippen LogP contribution in [0.25, 0.3) is 0 Å². The minimum Gasteiger partial charge on any atom is -0.207 e. The zero-order chi connectivity index (χ0) is 10.5. The minimum absolute atomic E-state index is 0.0817. The van der Waals surface area contributed by atoms with E-state index in [0.717, 1.165) is 0 Å². The lowest BCUT2D eigenvalue weighted by molar-refractivity contribution is -0.00209. The summed E-state index contributed by atoms with van der Waals surface area (Å²) >= 11 is 6.05. The van der Waals surface area contributed by atoms with Crippen molar-refractivity contribution >= 4 is 31.9 Å². The molecule has 0 spiro atoms. The van der Waals surface area contributed by atoms with Gasteiger partial charge in [-0.3, -0.25) is 0 Å². The van der Waals surface area contributed by atoms with Gasteiger partial charge in [0.15, 0.2) is 0 Å². The Bertz CT molecular complexity index is 390.